The van der Waals surface area contributed by atoms with Crippen LogP contribution in [0.2, 0.25) is 0 Å². The van der Waals surface area contributed by atoms with E-state index in [2.05, 4.69) is 25.6 Å². The van der Waals surface area contributed by atoms with Crippen molar-refractivity contribution in [1.82, 2.24) is 15.0 Å². The fourth-order valence-corrected chi connectivity index (χ4v) is 2.18. The van der Waals surface area contributed by atoms with E-state index < -0.39 is 6.09 Å². The molecule has 3 N–H and O–H groups in total. The summed E-state index contributed by atoms with van der Waals surface area (Å²) in [7, 11) is 0. The van der Waals surface area contributed by atoms with Gasteiger partial charge in [0.05, 0.1) is 24.0 Å². The largest absolute Gasteiger partial charge is 0.450 e. The molecule has 0 fully saturated rings. The summed E-state index contributed by atoms with van der Waals surface area (Å²) in [4.78, 5) is 22.9. The molecule has 1 aromatic carbocycles. The lowest BCUT2D eigenvalue weighted by atomic mass is 10.2. The summed E-state index contributed by atoms with van der Waals surface area (Å²) in [5, 5.41) is 5.81. The Balaban J connectivity index is 1.80. The number of carbonyl (C=O) groups excluding carboxylic acids is 1. The maximum atomic E-state index is 11.4. The van der Waals surface area contributed by atoms with Gasteiger partial charge in [0.15, 0.2) is 5.65 Å². The zero-order valence-electron chi connectivity index (χ0n) is 12.9. The summed E-state index contributed by atoms with van der Waals surface area (Å²) in [6.45, 7) is 4.08. The van der Waals surface area contributed by atoms with E-state index in [1.54, 1.807) is 13.1 Å². The summed E-state index contributed by atoms with van der Waals surface area (Å²) in [5.41, 5.74) is 4.22. The van der Waals surface area contributed by atoms with E-state index in [9.17, 15) is 4.79 Å². The Morgan fingerprint density at radius 3 is 2.96 bits per heavy atom. The number of aryl methyl sites for hydroxylation is 1. The van der Waals surface area contributed by atoms with Crippen LogP contribution in [0.3, 0.4) is 0 Å². The topological polar surface area (TPSA) is 91.9 Å². The van der Waals surface area contributed by atoms with Crippen molar-refractivity contribution in [2.75, 3.05) is 17.2 Å². The van der Waals surface area contributed by atoms with Crippen LogP contribution in [-0.4, -0.2) is 27.7 Å². The second kappa shape index (κ2) is 6.35. The van der Waals surface area contributed by atoms with E-state index in [1.165, 1.54) is 5.56 Å². The molecule has 2 heterocycles. The number of hydrogen-bond donors (Lipinski definition) is 3. The SMILES string of the molecule is CCOC(=O)Nc1nc2ncc(Nc3cccc(C)c3)cc2[nH]1. The van der Waals surface area contributed by atoms with Gasteiger partial charge < -0.3 is 15.0 Å². The van der Waals surface area contributed by atoms with Crippen molar-refractivity contribution in [3.05, 3.63) is 42.1 Å². The third kappa shape index (κ3) is 3.57. The zero-order chi connectivity index (χ0) is 16.2. The van der Waals surface area contributed by atoms with Gasteiger partial charge in [0.2, 0.25) is 5.95 Å². The molecular formula is C16H17N5O2. The lowest BCUT2D eigenvalue weighted by Gasteiger charge is -2.06. The van der Waals surface area contributed by atoms with Crippen LogP contribution in [0.1, 0.15) is 12.5 Å². The second-order valence-corrected chi connectivity index (χ2v) is 5.02. The van der Waals surface area contributed by atoms with Crippen LogP contribution in [0, 0.1) is 6.92 Å². The highest BCUT2D eigenvalue weighted by atomic mass is 16.5. The summed E-state index contributed by atoms with van der Waals surface area (Å²) in [5.74, 6) is 0.304. The lowest BCUT2D eigenvalue weighted by Crippen LogP contribution is -2.14. The first-order valence-corrected chi connectivity index (χ1v) is 7.27. The van der Waals surface area contributed by atoms with Gasteiger partial charge in [-0.3, -0.25) is 5.32 Å². The maximum Gasteiger partial charge on any atom is 0.413 e. The van der Waals surface area contributed by atoms with Gasteiger partial charge in [0.25, 0.3) is 0 Å². The molecule has 0 atom stereocenters. The first kappa shape index (κ1) is 14.8. The molecule has 0 aliphatic heterocycles. The molecule has 0 saturated carbocycles. The summed E-state index contributed by atoms with van der Waals surface area (Å²) < 4.78 is 4.81. The normalized spacial score (nSPS) is 10.5. The number of pyridine rings is 1. The number of rotatable bonds is 4. The molecule has 0 aliphatic rings. The molecule has 0 aliphatic carbocycles. The number of fused-ring (bicyclic) bond motifs is 1. The van der Waals surface area contributed by atoms with Gasteiger partial charge in [-0.2, -0.15) is 4.98 Å². The average molecular weight is 311 g/mol. The number of nitrogens with zero attached hydrogens (tertiary/aromatic N) is 2. The molecule has 0 unspecified atom stereocenters. The number of benzene rings is 1. The van der Waals surface area contributed by atoms with Crippen molar-refractivity contribution in [3.63, 3.8) is 0 Å². The van der Waals surface area contributed by atoms with Crippen molar-refractivity contribution in [3.8, 4) is 0 Å². The molecule has 0 radical (unpaired) electrons. The van der Waals surface area contributed by atoms with Crippen LogP contribution >= 0.6 is 0 Å². The minimum absolute atomic E-state index is 0.300. The van der Waals surface area contributed by atoms with Crippen molar-refractivity contribution in [2.24, 2.45) is 0 Å². The molecule has 3 rings (SSSR count). The molecule has 7 nitrogen and oxygen atoms in total. The van der Waals surface area contributed by atoms with Gasteiger partial charge in [-0.05, 0) is 37.6 Å². The molecule has 7 heteroatoms. The number of imidazole rings is 1. The van der Waals surface area contributed by atoms with Crippen LogP contribution in [-0.2, 0) is 4.74 Å². The van der Waals surface area contributed by atoms with Gasteiger partial charge in [-0.25, -0.2) is 9.78 Å². The predicted octanol–water partition coefficient (Wildman–Crippen LogP) is 3.58. The molecule has 2 aromatic heterocycles. The summed E-state index contributed by atoms with van der Waals surface area (Å²) in [6.07, 6.45) is 1.14. The Labute approximate surface area is 133 Å². The fraction of sp³-hybridized carbons (Fsp3) is 0.188. The first-order chi connectivity index (χ1) is 11.1. The van der Waals surface area contributed by atoms with Gasteiger partial charge in [0.1, 0.15) is 0 Å². The van der Waals surface area contributed by atoms with E-state index in [4.69, 9.17) is 4.74 Å². The first-order valence-electron chi connectivity index (χ1n) is 7.27. The Hall–Kier alpha value is -3.09. The van der Waals surface area contributed by atoms with E-state index in [0.29, 0.717) is 18.2 Å². The van der Waals surface area contributed by atoms with Crippen LogP contribution in [0.15, 0.2) is 36.5 Å². The van der Waals surface area contributed by atoms with Gasteiger partial charge in [-0.1, -0.05) is 12.1 Å². The van der Waals surface area contributed by atoms with E-state index >= 15 is 0 Å². The predicted molar refractivity (Wildman–Crippen MR) is 89.0 cm³/mol. The second-order valence-electron chi connectivity index (χ2n) is 5.02. The summed E-state index contributed by atoms with van der Waals surface area (Å²) in [6, 6.07) is 9.94. The number of carbonyl (C=O) groups is 1. The van der Waals surface area contributed by atoms with Crippen molar-refractivity contribution < 1.29 is 9.53 Å². The highest BCUT2D eigenvalue weighted by Gasteiger charge is 2.08. The van der Waals surface area contributed by atoms with E-state index in [1.807, 2.05) is 37.3 Å². The van der Waals surface area contributed by atoms with Crippen LogP contribution in [0.5, 0.6) is 0 Å². The van der Waals surface area contributed by atoms with Crippen molar-refractivity contribution in [1.29, 1.82) is 0 Å². The summed E-state index contributed by atoms with van der Waals surface area (Å²) >= 11 is 0. The highest BCUT2D eigenvalue weighted by Crippen LogP contribution is 2.21. The Morgan fingerprint density at radius 1 is 1.30 bits per heavy atom. The minimum Gasteiger partial charge on any atom is -0.450 e. The molecule has 0 spiro atoms. The van der Waals surface area contributed by atoms with Crippen LogP contribution < -0.4 is 10.6 Å². The number of H-pyrrole nitrogens is 1. The third-order valence-electron chi connectivity index (χ3n) is 3.14. The van der Waals surface area contributed by atoms with Gasteiger partial charge in [0, 0.05) is 5.69 Å². The molecule has 1 amide bonds. The number of ether oxygens (including phenoxy) is 1. The number of nitrogens with one attached hydrogen (secondary N) is 3. The Morgan fingerprint density at radius 2 is 2.17 bits per heavy atom. The molecule has 23 heavy (non-hydrogen) atoms. The highest BCUT2D eigenvalue weighted by molar-refractivity contribution is 5.86. The molecule has 118 valence electrons. The average Bonchev–Trinajstić information content (AvgIpc) is 2.88. The number of aromatic nitrogens is 3. The van der Waals surface area contributed by atoms with Crippen molar-refractivity contribution in [2.45, 2.75) is 13.8 Å². The Bertz CT molecular complexity index is 843. The standard InChI is InChI=1S/C16H17N5O2/c1-3-23-16(22)21-15-19-13-8-12(9-17-14(13)20-15)18-11-6-4-5-10(2)7-11/h4-9,18H,3H2,1-2H3,(H2,17,19,20,21,22). The van der Waals surface area contributed by atoms with E-state index in [-0.39, 0.29) is 0 Å². The fourth-order valence-electron chi connectivity index (χ4n) is 2.18. The number of aromatic amines is 1. The molecule has 3 aromatic rings. The minimum atomic E-state index is -0.551. The smallest absolute Gasteiger partial charge is 0.413 e. The van der Waals surface area contributed by atoms with Crippen molar-refractivity contribution >= 4 is 34.6 Å². The monoisotopic (exact) mass is 311 g/mol. The molecule has 0 bridgehead atoms. The van der Waals surface area contributed by atoms with Gasteiger partial charge >= 0.3 is 6.09 Å². The molecular weight excluding hydrogens is 294 g/mol. The van der Waals surface area contributed by atoms with Gasteiger partial charge in [-0.15, -0.1) is 0 Å². The van der Waals surface area contributed by atoms with Crippen LogP contribution in [0.4, 0.5) is 22.1 Å². The maximum absolute atomic E-state index is 11.4. The number of hydrogen-bond acceptors (Lipinski definition) is 5. The Kier molecular flexibility index (Phi) is 4.09. The zero-order valence-corrected chi connectivity index (χ0v) is 12.9. The van der Waals surface area contributed by atoms with E-state index in [0.717, 1.165) is 16.9 Å². The third-order valence-corrected chi connectivity index (χ3v) is 3.14. The number of amides is 1. The molecule has 0 saturated heterocycles. The lowest BCUT2D eigenvalue weighted by molar-refractivity contribution is 0.167. The van der Waals surface area contributed by atoms with Crippen LogP contribution in [0.25, 0.3) is 11.2 Å². The quantitative estimate of drug-likeness (QED) is 0.685. The number of anilines is 3.